The molecule has 0 aliphatic heterocycles. The smallest absolute Gasteiger partial charge is 0.333 e. The van der Waals surface area contributed by atoms with Gasteiger partial charge >= 0.3 is 17.9 Å². The van der Waals surface area contributed by atoms with Gasteiger partial charge in [-0.1, -0.05) is 36.9 Å². The molecule has 0 bridgehead atoms. The summed E-state index contributed by atoms with van der Waals surface area (Å²) in [6.45, 7) is 4.76. The van der Waals surface area contributed by atoms with Crippen molar-refractivity contribution in [2.24, 2.45) is 0 Å². The molecule has 0 aromatic heterocycles. The third-order valence-electron chi connectivity index (χ3n) is 2.55. The topological polar surface area (TPSA) is 69.7 Å². The molecule has 0 N–H and O–H groups in total. The first-order valence-corrected chi connectivity index (χ1v) is 7.06. The first kappa shape index (κ1) is 17.9. The van der Waals surface area contributed by atoms with Gasteiger partial charge < -0.3 is 9.47 Å². The summed E-state index contributed by atoms with van der Waals surface area (Å²) in [5.74, 6) is -1.99. The van der Waals surface area contributed by atoms with Crippen molar-refractivity contribution in [2.75, 3.05) is 6.61 Å². The fourth-order valence-electron chi connectivity index (χ4n) is 1.50. The molecule has 22 heavy (non-hydrogen) atoms. The summed E-state index contributed by atoms with van der Waals surface area (Å²) in [5, 5.41) is -0.764. The molecule has 5 nitrogen and oxygen atoms in total. The Labute approximate surface area is 133 Å². The van der Waals surface area contributed by atoms with Crippen LogP contribution in [0.2, 0.25) is 0 Å². The summed E-state index contributed by atoms with van der Waals surface area (Å²) < 4.78 is 9.46. The van der Waals surface area contributed by atoms with Crippen molar-refractivity contribution in [3.63, 3.8) is 0 Å². The molecule has 0 spiro atoms. The van der Waals surface area contributed by atoms with Crippen molar-refractivity contribution in [3.8, 4) is 0 Å². The van der Waals surface area contributed by atoms with Gasteiger partial charge in [0.15, 0.2) is 0 Å². The third-order valence-corrected chi connectivity index (χ3v) is 2.83. The van der Waals surface area contributed by atoms with Crippen LogP contribution in [0.4, 0.5) is 0 Å². The lowest BCUT2D eigenvalue weighted by atomic mass is 10.2. The molecule has 0 saturated carbocycles. The highest BCUT2D eigenvalue weighted by molar-refractivity contribution is 6.21. The lowest BCUT2D eigenvalue weighted by molar-refractivity contribution is -0.159. The van der Waals surface area contributed by atoms with Gasteiger partial charge in [-0.2, -0.15) is 0 Å². The minimum absolute atomic E-state index is 0.00414. The van der Waals surface area contributed by atoms with Gasteiger partial charge in [-0.25, -0.2) is 4.79 Å². The van der Waals surface area contributed by atoms with Gasteiger partial charge in [0, 0.05) is 5.57 Å². The van der Waals surface area contributed by atoms with E-state index in [4.69, 9.17) is 16.3 Å². The first-order chi connectivity index (χ1) is 10.4. The average molecular weight is 325 g/mol. The van der Waals surface area contributed by atoms with Gasteiger partial charge in [-0.3, -0.25) is 9.59 Å². The first-order valence-electron chi connectivity index (χ1n) is 6.62. The van der Waals surface area contributed by atoms with Crippen molar-refractivity contribution in [1.82, 2.24) is 0 Å². The maximum absolute atomic E-state index is 11.6. The number of carbonyl (C=O) groups is 3. The summed E-state index contributed by atoms with van der Waals surface area (Å²) in [5.41, 5.74) is 0.989. The molecular weight excluding hydrogens is 308 g/mol. The van der Waals surface area contributed by atoms with Crippen LogP contribution in [-0.2, 0) is 30.3 Å². The molecule has 1 aromatic rings. The van der Waals surface area contributed by atoms with Gasteiger partial charge in [0.1, 0.15) is 6.61 Å². The molecule has 0 aliphatic rings. The number of ether oxygens (including phenoxy) is 2. The Morgan fingerprint density at radius 1 is 1.18 bits per heavy atom. The maximum atomic E-state index is 11.6. The Bertz CT molecular complexity index is 553. The van der Waals surface area contributed by atoms with Crippen molar-refractivity contribution < 1.29 is 23.9 Å². The zero-order valence-electron chi connectivity index (χ0n) is 12.2. The second kappa shape index (κ2) is 9.00. The number of rotatable bonds is 7. The molecular formula is C16H17ClO5. The third kappa shape index (κ3) is 7.04. The van der Waals surface area contributed by atoms with E-state index < -0.39 is 23.3 Å². The second-order valence-electron chi connectivity index (χ2n) is 4.69. The van der Waals surface area contributed by atoms with Gasteiger partial charge in [0.05, 0.1) is 18.2 Å². The highest BCUT2D eigenvalue weighted by Gasteiger charge is 2.18. The predicted molar refractivity (Wildman–Crippen MR) is 81.3 cm³/mol. The van der Waals surface area contributed by atoms with Crippen LogP contribution in [0.5, 0.6) is 0 Å². The highest BCUT2D eigenvalue weighted by atomic mass is 35.5. The largest absolute Gasteiger partial charge is 0.461 e. The molecule has 1 atom stereocenters. The van der Waals surface area contributed by atoms with E-state index in [1.807, 2.05) is 6.07 Å². The van der Waals surface area contributed by atoms with Gasteiger partial charge in [-0.15, -0.1) is 11.6 Å². The monoisotopic (exact) mass is 324 g/mol. The normalized spacial score (nSPS) is 11.4. The van der Waals surface area contributed by atoms with Crippen LogP contribution in [0.1, 0.15) is 18.9 Å². The number of benzene rings is 1. The van der Waals surface area contributed by atoms with Crippen molar-refractivity contribution in [1.29, 1.82) is 0 Å². The molecule has 0 radical (unpaired) electrons. The Hall–Kier alpha value is -2.14. The molecule has 1 aromatic carbocycles. The van der Waals surface area contributed by atoms with E-state index in [0.29, 0.717) is 0 Å². The van der Waals surface area contributed by atoms with Crippen molar-refractivity contribution >= 4 is 29.5 Å². The Morgan fingerprint density at radius 3 is 2.41 bits per heavy atom. The number of esters is 3. The molecule has 1 unspecified atom stereocenters. The van der Waals surface area contributed by atoms with Gasteiger partial charge in [0.2, 0.25) is 0 Å². The minimum atomic E-state index is -0.764. The number of alkyl halides is 1. The molecule has 1 rings (SSSR count). The van der Waals surface area contributed by atoms with Crippen LogP contribution >= 0.6 is 11.6 Å². The maximum Gasteiger partial charge on any atom is 0.333 e. The summed E-state index contributed by atoms with van der Waals surface area (Å²) in [6, 6.07) is 8.91. The predicted octanol–water partition coefficient (Wildman–Crippen LogP) is 2.42. The van der Waals surface area contributed by atoms with Crippen molar-refractivity contribution in [3.05, 3.63) is 48.0 Å². The van der Waals surface area contributed by atoms with E-state index in [0.717, 1.165) is 5.56 Å². The Kier molecular flexibility index (Phi) is 7.32. The summed E-state index contributed by atoms with van der Waals surface area (Å²) in [6.07, 6.45) is -0.226. The molecule has 118 valence electrons. The molecule has 0 fully saturated rings. The van der Waals surface area contributed by atoms with Crippen LogP contribution in [0, 0.1) is 0 Å². The lowest BCUT2D eigenvalue weighted by Crippen LogP contribution is -2.21. The van der Waals surface area contributed by atoms with Gasteiger partial charge in [0.25, 0.3) is 0 Å². The molecule has 0 amide bonds. The zero-order chi connectivity index (χ0) is 16.5. The van der Waals surface area contributed by atoms with Crippen LogP contribution in [0.25, 0.3) is 0 Å². The van der Waals surface area contributed by atoms with E-state index in [1.165, 1.54) is 6.92 Å². The van der Waals surface area contributed by atoms with Crippen LogP contribution < -0.4 is 0 Å². The summed E-state index contributed by atoms with van der Waals surface area (Å²) >= 11 is 5.85. The number of hydrogen-bond donors (Lipinski definition) is 0. The summed E-state index contributed by atoms with van der Waals surface area (Å²) in [4.78, 5) is 34.3. The average Bonchev–Trinajstić information content (AvgIpc) is 2.45. The van der Waals surface area contributed by atoms with Gasteiger partial charge in [-0.05, 0) is 12.5 Å². The Balaban J connectivity index is 2.31. The van der Waals surface area contributed by atoms with E-state index in [1.54, 1.807) is 24.3 Å². The standard InChI is InChI=1S/C16H17ClO5/c1-11(2)16(20)21-10-13(17)9-15(19)22-14(18)8-12-6-4-3-5-7-12/h3-7,13H,1,8-10H2,2H3. The van der Waals surface area contributed by atoms with Crippen molar-refractivity contribution in [2.45, 2.75) is 25.1 Å². The number of halogens is 1. The number of hydrogen-bond acceptors (Lipinski definition) is 5. The van der Waals surface area contributed by atoms with E-state index >= 15 is 0 Å². The van der Waals surface area contributed by atoms with Crippen LogP contribution in [-0.4, -0.2) is 29.9 Å². The quantitative estimate of drug-likeness (QED) is 0.333. The summed E-state index contributed by atoms with van der Waals surface area (Å²) in [7, 11) is 0. The number of carbonyl (C=O) groups excluding carboxylic acids is 3. The SMILES string of the molecule is C=C(C)C(=O)OCC(Cl)CC(=O)OC(=O)Cc1ccccc1. The second-order valence-corrected chi connectivity index (χ2v) is 5.31. The van der Waals surface area contributed by atoms with E-state index in [-0.39, 0.29) is 25.0 Å². The molecule has 6 heteroatoms. The minimum Gasteiger partial charge on any atom is -0.461 e. The highest BCUT2D eigenvalue weighted by Crippen LogP contribution is 2.07. The fraction of sp³-hybridized carbons (Fsp3) is 0.312. The van der Waals surface area contributed by atoms with E-state index in [2.05, 4.69) is 11.3 Å². The van der Waals surface area contributed by atoms with Crippen LogP contribution in [0.15, 0.2) is 42.5 Å². The lowest BCUT2D eigenvalue weighted by Gasteiger charge is -2.09. The molecule has 0 heterocycles. The van der Waals surface area contributed by atoms with E-state index in [9.17, 15) is 14.4 Å². The fourth-order valence-corrected chi connectivity index (χ4v) is 1.69. The van der Waals surface area contributed by atoms with Crippen LogP contribution in [0.3, 0.4) is 0 Å². The Morgan fingerprint density at radius 2 is 1.82 bits per heavy atom. The zero-order valence-corrected chi connectivity index (χ0v) is 13.0. The molecule has 0 saturated heterocycles. The molecule has 0 aliphatic carbocycles.